The summed E-state index contributed by atoms with van der Waals surface area (Å²) in [6.07, 6.45) is 12.5. The van der Waals surface area contributed by atoms with Gasteiger partial charge in [0.25, 0.3) is 0 Å². The SMILES string of the molecule is C[CH]=[Zr]([Cl])([Cl])([CH]1C(C)=CC2=C1CCCC2C)[CH]1C(C)=CC2=C1CCCC2C. The van der Waals surface area contributed by atoms with Gasteiger partial charge in [0.05, 0.1) is 0 Å². The third-order valence-electron chi connectivity index (χ3n) is 8.00. The zero-order valence-corrected chi connectivity index (χ0v) is 21.5. The van der Waals surface area contributed by atoms with Gasteiger partial charge in [-0.15, -0.1) is 0 Å². The van der Waals surface area contributed by atoms with E-state index in [1.165, 1.54) is 49.7 Å². The Bertz CT molecular complexity index is 810. The van der Waals surface area contributed by atoms with Crippen LogP contribution >= 0.6 is 17.0 Å². The molecule has 0 spiro atoms. The van der Waals surface area contributed by atoms with E-state index in [1.54, 1.807) is 22.3 Å². The molecule has 0 N–H and O–H groups in total. The van der Waals surface area contributed by atoms with Crippen molar-refractivity contribution in [2.24, 2.45) is 11.8 Å². The first-order valence-corrected chi connectivity index (χ1v) is 21.5. The van der Waals surface area contributed by atoms with Crippen LogP contribution in [0, 0.1) is 11.8 Å². The molecule has 0 bridgehead atoms. The number of hydrogen-bond donors (Lipinski definition) is 0. The third kappa shape index (κ3) is 2.97. The van der Waals surface area contributed by atoms with E-state index in [1.807, 2.05) is 0 Å². The van der Waals surface area contributed by atoms with Gasteiger partial charge in [-0.2, -0.15) is 0 Å². The van der Waals surface area contributed by atoms with Gasteiger partial charge < -0.3 is 0 Å². The van der Waals surface area contributed by atoms with E-state index >= 15 is 0 Å². The Labute approximate surface area is 173 Å². The Morgan fingerprint density at radius 1 is 0.852 bits per heavy atom. The molecule has 0 radical (unpaired) electrons. The van der Waals surface area contributed by atoms with E-state index in [2.05, 4.69) is 50.5 Å². The summed E-state index contributed by atoms with van der Waals surface area (Å²) < 4.78 is 2.93. The molecule has 4 atom stereocenters. The molecule has 0 saturated carbocycles. The molecule has 4 aliphatic rings. The third-order valence-corrected chi connectivity index (χ3v) is 27.8. The van der Waals surface area contributed by atoms with Gasteiger partial charge >= 0.3 is 174 Å². The summed E-state index contributed by atoms with van der Waals surface area (Å²) >= 11 is -4.33. The second-order valence-electron chi connectivity index (χ2n) is 9.71. The Hall–Kier alpha value is 0.293. The molecule has 27 heavy (non-hydrogen) atoms. The Balaban J connectivity index is 1.90. The molecule has 0 aromatic heterocycles. The molecule has 0 amide bonds. The molecule has 0 heterocycles. The fraction of sp³-hybridized carbons (Fsp3) is 0.625. The van der Waals surface area contributed by atoms with Crippen molar-refractivity contribution in [2.75, 3.05) is 0 Å². The summed E-state index contributed by atoms with van der Waals surface area (Å²) in [5.74, 6) is 1.31. The monoisotopic (exact) mass is 482 g/mol. The van der Waals surface area contributed by atoms with Crippen molar-refractivity contribution in [3.63, 3.8) is 0 Å². The van der Waals surface area contributed by atoms with Crippen molar-refractivity contribution in [1.82, 2.24) is 0 Å². The number of halogens is 2. The molecule has 0 aromatic rings. The van der Waals surface area contributed by atoms with Gasteiger partial charge in [0.2, 0.25) is 0 Å². The van der Waals surface area contributed by atoms with Gasteiger partial charge in [-0.05, 0) is 0 Å². The van der Waals surface area contributed by atoms with Crippen molar-refractivity contribution in [2.45, 2.75) is 80.4 Å². The van der Waals surface area contributed by atoms with Gasteiger partial charge in [-0.1, -0.05) is 0 Å². The second kappa shape index (κ2) is 6.92. The first-order valence-electron chi connectivity index (χ1n) is 10.9. The quantitative estimate of drug-likeness (QED) is 0.368. The summed E-state index contributed by atoms with van der Waals surface area (Å²) in [7, 11) is 15.8. The second-order valence-corrected chi connectivity index (χ2v) is 31.1. The van der Waals surface area contributed by atoms with Crippen LogP contribution in [0.1, 0.15) is 73.1 Å². The summed E-state index contributed by atoms with van der Waals surface area (Å²) in [6, 6.07) is 0. The molecule has 0 saturated heterocycles. The van der Waals surface area contributed by atoms with Crippen LogP contribution in [-0.2, 0) is 15.9 Å². The number of allylic oxidation sites excluding steroid dienone is 8. The fourth-order valence-electron chi connectivity index (χ4n) is 6.76. The van der Waals surface area contributed by atoms with Crippen LogP contribution in [0.4, 0.5) is 0 Å². The molecular formula is C24H34Cl2Zr. The average molecular weight is 485 g/mol. The molecule has 0 fully saturated rings. The van der Waals surface area contributed by atoms with Gasteiger partial charge in [0.1, 0.15) is 0 Å². The van der Waals surface area contributed by atoms with Crippen LogP contribution in [0.15, 0.2) is 45.6 Å². The van der Waals surface area contributed by atoms with E-state index in [-0.39, 0.29) is 0 Å². The van der Waals surface area contributed by atoms with Gasteiger partial charge in [0, 0.05) is 0 Å². The Morgan fingerprint density at radius 3 is 1.63 bits per heavy atom. The van der Waals surface area contributed by atoms with E-state index < -0.39 is 15.9 Å². The van der Waals surface area contributed by atoms with Crippen molar-refractivity contribution < 1.29 is 15.9 Å². The molecular weight excluding hydrogens is 450 g/mol. The van der Waals surface area contributed by atoms with Gasteiger partial charge in [-0.3, -0.25) is 0 Å². The van der Waals surface area contributed by atoms with Crippen molar-refractivity contribution in [3.8, 4) is 0 Å². The molecule has 0 nitrogen and oxygen atoms in total. The zero-order valence-electron chi connectivity index (χ0n) is 17.5. The summed E-state index contributed by atoms with van der Waals surface area (Å²) in [4.78, 5) is 0. The maximum atomic E-state index is 7.89. The number of hydrogen-bond acceptors (Lipinski definition) is 0. The summed E-state index contributed by atoms with van der Waals surface area (Å²) in [5, 5.41) is 0. The molecule has 4 unspecified atom stereocenters. The van der Waals surface area contributed by atoms with Crippen molar-refractivity contribution >= 4 is 20.7 Å². The van der Waals surface area contributed by atoms with E-state index in [9.17, 15) is 0 Å². The Morgan fingerprint density at radius 2 is 1.26 bits per heavy atom. The molecule has 4 aliphatic carbocycles. The average Bonchev–Trinajstić information content (AvgIpc) is 3.14. The molecule has 4 rings (SSSR count). The molecule has 0 aromatic carbocycles. The summed E-state index contributed by atoms with van der Waals surface area (Å²) in [5.41, 5.74) is 9.22. The van der Waals surface area contributed by atoms with Crippen molar-refractivity contribution in [3.05, 3.63) is 45.6 Å². The first-order chi connectivity index (χ1) is 12.7. The predicted molar refractivity (Wildman–Crippen MR) is 119 cm³/mol. The van der Waals surface area contributed by atoms with E-state index in [0.717, 1.165) is 0 Å². The van der Waals surface area contributed by atoms with E-state index in [0.29, 0.717) is 19.1 Å². The first kappa shape index (κ1) is 20.6. The van der Waals surface area contributed by atoms with Crippen LogP contribution in [0.5, 0.6) is 0 Å². The van der Waals surface area contributed by atoms with Gasteiger partial charge in [-0.25, -0.2) is 0 Å². The normalized spacial score (nSPS) is 34.4. The van der Waals surface area contributed by atoms with Crippen LogP contribution in [0.25, 0.3) is 0 Å². The van der Waals surface area contributed by atoms with Crippen LogP contribution < -0.4 is 0 Å². The minimum atomic E-state index is -4.33. The van der Waals surface area contributed by atoms with Gasteiger partial charge in [0.15, 0.2) is 0 Å². The predicted octanol–water partition coefficient (Wildman–Crippen LogP) is 8.54. The fourth-order valence-corrected chi connectivity index (χ4v) is 25.9. The molecule has 3 heteroatoms. The molecule has 0 aliphatic heterocycles. The topological polar surface area (TPSA) is 0 Å². The summed E-state index contributed by atoms with van der Waals surface area (Å²) in [6.45, 7) is 11.5. The zero-order chi connectivity index (χ0) is 19.6. The standard InChI is InChI=1S/2C11H15.C2H4.2ClH.Zr/c2*1-8-6-10-5-3-4-9(2)11(10)7-8;1-2;;;/h2*6-7,9H,3-5H2,1-2H3;1H,2H3;2*1H;/q;;;;;+2/p-2. The maximum absolute atomic E-state index is 7.89. The minimum absolute atomic E-state index is 0.301. The van der Waals surface area contributed by atoms with Crippen LogP contribution in [0.3, 0.4) is 0 Å². The van der Waals surface area contributed by atoms with Crippen LogP contribution in [-0.4, -0.2) is 3.71 Å². The Kier molecular flexibility index (Phi) is 5.27. The molecule has 148 valence electrons. The van der Waals surface area contributed by atoms with Crippen molar-refractivity contribution in [1.29, 1.82) is 0 Å². The van der Waals surface area contributed by atoms with Crippen LogP contribution in [0.2, 0.25) is 7.25 Å². The number of rotatable bonds is 2. The van der Waals surface area contributed by atoms with E-state index in [4.69, 9.17) is 17.0 Å².